The summed E-state index contributed by atoms with van der Waals surface area (Å²) in [5.41, 5.74) is 2.80. The number of rotatable bonds is 4. The second-order valence-corrected chi connectivity index (χ2v) is 8.32. The molecule has 3 heterocycles. The molecule has 8 heteroatoms. The van der Waals surface area contributed by atoms with E-state index < -0.39 is 5.97 Å². The van der Waals surface area contributed by atoms with Crippen LogP contribution >= 0.6 is 0 Å². The van der Waals surface area contributed by atoms with Gasteiger partial charge in [0.05, 0.1) is 13.2 Å². The summed E-state index contributed by atoms with van der Waals surface area (Å²) in [7, 11) is 0. The molecule has 30 heavy (non-hydrogen) atoms. The number of carbonyl (C=O) groups excluding carboxylic acids is 1. The fraction of sp³-hybridized carbons (Fsp3) is 0.591. The van der Waals surface area contributed by atoms with E-state index in [1.54, 1.807) is 12.1 Å². The Morgan fingerprint density at radius 1 is 1.17 bits per heavy atom. The van der Waals surface area contributed by atoms with Gasteiger partial charge in [-0.15, -0.1) is 0 Å². The maximum Gasteiger partial charge on any atom is 0.320 e. The highest BCUT2D eigenvalue weighted by Crippen LogP contribution is 2.32. The molecule has 2 atom stereocenters. The monoisotopic (exact) mass is 417 g/mol. The molecule has 2 fully saturated rings. The van der Waals surface area contributed by atoms with Gasteiger partial charge in [0.15, 0.2) is 0 Å². The van der Waals surface area contributed by atoms with Crippen molar-refractivity contribution in [3.05, 3.63) is 35.1 Å². The number of ether oxygens (including phenoxy) is 1. The average Bonchev–Trinajstić information content (AvgIpc) is 2.74. The quantitative estimate of drug-likeness (QED) is 0.816. The first-order valence-corrected chi connectivity index (χ1v) is 10.7. The summed E-state index contributed by atoms with van der Waals surface area (Å²) in [6, 6.07) is 4.79. The van der Waals surface area contributed by atoms with Crippen LogP contribution in [0.3, 0.4) is 0 Å². The summed E-state index contributed by atoms with van der Waals surface area (Å²) < 4.78 is 19.0. The fourth-order valence-electron chi connectivity index (χ4n) is 4.80. The van der Waals surface area contributed by atoms with Crippen molar-refractivity contribution in [1.82, 2.24) is 9.80 Å². The van der Waals surface area contributed by atoms with Crippen LogP contribution in [0, 0.1) is 17.7 Å². The molecule has 3 aliphatic rings. The smallest absolute Gasteiger partial charge is 0.320 e. The maximum absolute atomic E-state index is 13.6. The van der Waals surface area contributed by atoms with Crippen LogP contribution in [-0.4, -0.2) is 78.6 Å². The first-order valence-electron chi connectivity index (χ1n) is 10.7. The number of morpholine rings is 1. The van der Waals surface area contributed by atoms with Crippen molar-refractivity contribution < 1.29 is 23.8 Å². The largest absolute Gasteiger partial charge is 0.481 e. The molecule has 0 radical (unpaired) electrons. The van der Waals surface area contributed by atoms with Crippen molar-refractivity contribution in [2.45, 2.75) is 25.7 Å². The molecule has 1 aromatic rings. The number of nitrogens with zero attached hydrogens (tertiary/aromatic N) is 3. The molecule has 2 saturated heterocycles. The number of carboxylic acids is 1. The van der Waals surface area contributed by atoms with E-state index in [0.717, 1.165) is 16.8 Å². The predicted molar refractivity (Wildman–Crippen MR) is 109 cm³/mol. The normalized spacial score (nSPS) is 24.2. The molecule has 7 nitrogen and oxygen atoms in total. The number of amides is 2. The highest BCUT2D eigenvalue weighted by molar-refractivity contribution is 6.02. The molecule has 1 aromatic carbocycles. The van der Waals surface area contributed by atoms with Gasteiger partial charge in [0.1, 0.15) is 5.82 Å². The Hall–Kier alpha value is -2.48. The van der Waals surface area contributed by atoms with Crippen molar-refractivity contribution >= 4 is 17.7 Å². The summed E-state index contributed by atoms with van der Waals surface area (Å²) >= 11 is 0. The minimum Gasteiger partial charge on any atom is -0.481 e. The molecular weight excluding hydrogens is 389 g/mol. The standard InChI is InChI=1S/C22H28FN3O4/c23-18-1-2-19-16(11-18)3-5-24-20(19)12-17-14-26(6-4-15(17)13-21(27)28)22(29)25-7-9-30-10-8-25/h1-2,11,15,17H,3-10,12-14H2,(H,27,28). The van der Waals surface area contributed by atoms with E-state index in [2.05, 4.69) is 4.99 Å². The van der Waals surface area contributed by atoms with Crippen LogP contribution in [0.5, 0.6) is 0 Å². The average molecular weight is 417 g/mol. The van der Waals surface area contributed by atoms with Crippen molar-refractivity contribution in [3.8, 4) is 0 Å². The van der Waals surface area contributed by atoms with Gasteiger partial charge in [-0.1, -0.05) is 0 Å². The first kappa shape index (κ1) is 20.8. The Morgan fingerprint density at radius 3 is 2.73 bits per heavy atom. The SMILES string of the molecule is O=C(O)CC1CCN(C(=O)N2CCOCC2)CC1CC1=NCCc2cc(F)ccc21. The molecule has 0 aliphatic carbocycles. The first-order chi connectivity index (χ1) is 14.5. The topological polar surface area (TPSA) is 82.4 Å². The number of aliphatic imine (C=N–C) groups is 1. The number of likely N-dealkylation sites (tertiary alicyclic amines) is 1. The molecule has 0 aromatic heterocycles. The highest BCUT2D eigenvalue weighted by atomic mass is 19.1. The number of piperidine rings is 1. The zero-order valence-corrected chi connectivity index (χ0v) is 17.1. The summed E-state index contributed by atoms with van der Waals surface area (Å²) in [5.74, 6) is -1.07. The summed E-state index contributed by atoms with van der Waals surface area (Å²) in [5, 5.41) is 9.38. The van der Waals surface area contributed by atoms with Gasteiger partial charge in [0, 0.05) is 44.9 Å². The van der Waals surface area contributed by atoms with Crippen molar-refractivity contribution in [3.63, 3.8) is 0 Å². The number of aliphatic carboxylic acids is 1. The van der Waals surface area contributed by atoms with E-state index in [4.69, 9.17) is 4.74 Å². The number of hydrogen-bond acceptors (Lipinski definition) is 4. The minimum absolute atomic E-state index is 0.00475. The van der Waals surface area contributed by atoms with Gasteiger partial charge >= 0.3 is 12.0 Å². The number of benzene rings is 1. The van der Waals surface area contributed by atoms with Crippen LogP contribution in [0.4, 0.5) is 9.18 Å². The van der Waals surface area contributed by atoms with Gasteiger partial charge < -0.3 is 19.6 Å². The molecule has 2 unspecified atom stereocenters. The van der Waals surface area contributed by atoms with E-state index in [9.17, 15) is 19.1 Å². The number of hydrogen-bond donors (Lipinski definition) is 1. The third-order valence-electron chi connectivity index (χ3n) is 6.40. The Morgan fingerprint density at radius 2 is 1.97 bits per heavy atom. The van der Waals surface area contributed by atoms with Gasteiger partial charge in [-0.05, 0) is 60.4 Å². The maximum atomic E-state index is 13.6. The van der Waals surface area contributed by atoms with Gasteiger partial charge in [-0.2, -0.15) is 0 Å². The van der Waals surface area contributed by atoms with E-state index >= 15 is 0 Å². The Labute approximate surface area is 175 Å². The molecule has 162 valence electrons. The number of halogens is 1. The summed E-state index contributed by atoms with van der Waals surface area (Å²) in [4.78, 5) is 32.7. The molecule has 4 rings (SSSR count). The van der Waals surface area contributed by atoms with Crippen LogP contribution in [-0.2, 0) is 16.0 Å². The Kier molecular flexibility index (Phi) is 6.32. The van der Waals surface area contributed by atoms with Gasteiger partial charge in [0.25, 0.3) is 0 Å². The zero-order valence-electron chi connectivity index (χ0n) is 17.1. The Balaban J connectivity index is 1.51. The molecular formula is C22H28FN3O4. The summed E-state index contributed by atoms with van der Waals surface area (Å²) in [6.45, 7) is 3.97. The highest BCUT2D eigenvalue weighted by Gasteiger charge is 2.35. The molecule has 3 aliphatic heterocycles. The minimum atomic E-state index is -0.814. The molecule has 1 N–H and O–H groups in total. The number of fused-ring (bicyclic) bond motifs is 1. The molecule has 2 amide bonds. The zero-order chi connectivity index (χ0) is 21.1. The van der Waals surface area contributed by atoms with Crippen molar-refractivity contribution in [1.29, 1.82) is 0 Å². The Bertz CT molecular complexity index is 838. The number of urea groups is 1. The lowest BCUT2D eigenvalue weighted by atomic mass is 9.78. The summed E-state index contributed by atoms with van der Waals surface area (Å²) in [6.07, 6.45) is 2.06. The lowest BCUT2D eigenvalue weighted by Crippen LogP contribution is -2.52. The predicted octanol–water partition coefficient (Wildman–Crippen LogP) is 2.43. The van der Waals surface area contributed by atoms with Crippen LogP contribution in [0.2, 0.25) is 0 Å². The van der Waals surface area contributed by atoms with E-state index in [1.807, 2.05) is 9.80 Å². The lowest BCUT2D eigenvalue weighted by Gasteiger charge is -2.41. The van der Waals surface area contributed by atoms with Crippen molar-refractivity contribution in [2.24, 2.45) is 16.8 Å². The third kappa shape index (κ3) is 4.64. The van der Waals surface area contributed by atoms with Crippen LogP contribution in [0.25, 0.3) is 0 Å². The fourth-order valence-corrected chi connectivity index (χ4v) is 4.80. The molecule has 0 spiro atoms. The van der Waals surface area contributed by atoms with Crippen LogP contribution in [0.1, 0.15) is 30.4 Å². The van der Waals surface area contributed by atoms with Gasteiger partial charge in [0.2, 0.25) is 0 Å². The van der Waals surface area contributed by atoms with E-state index in [1.165, 1.54) is 6.07 Å². The van der Waals surface area contributed by atoms with E-state index in [-0.39, 0.29) is 30.1 Å². The third-order valence-corrected chi connectivity index (χ3v) is 6.40. The number of carbonyl (C=O) groups is 2. The number of carboxylic acid groups (broad SMARTS) is 1. The van der Waals surface area contributed by atoms with Crippen LogP contribution < -0.4 is 0 Å². The molecule has 0 bridgehead atoms. The van der Waals surface area contributed by atoms with Gasteiger partial charge in [-0.25, -0.2) is 9.18 Å². The van der Waals surface area contributed by atoms with Crippen LogP contribution in [0.15, 0.2) is 23.2 Å². The second kappa shape index (κ2) is 9.12. The lowest BCUT2D eigenvalue weighted by molar-refractivity contribution is -0.139. The van der Waals surface area contributed by atoms with Gasteiger partial charge in [-0.3, -0.25) is 9.79 Å². The van der Waals surface area contributed by atoms with Crippen molar-refractivity contribution in [2.75, 3.05) is 45.9 Å². The van der Waals surface area contributed by atoms with E-state index in [0.29, 0.717) is 65.2 Å². The second-order valence-electron chi connectivity index (χ2n) is 8.32. The molecule has 0 saturated carbocycles.